The van der Waals surface area contributed by atoms with Crippen LogP contribution in [0.1, 0.15) is 44.2 Å². The number of Topliss-reactive ketones (excluding diaryl/α,β-unsaturated/α-hetero) is 1. The number of methoxy groups -OCH3 is 1. The minimum Gasteiger partial charge on any atom is -0.453 e. The van der Waals surface area contributed by atoms with Gasteiger partial charge >= 0.3 is 6.09 Å². The zero-order chi connectivity index (χ0) is 21.5. The van der Waals surface area contributed by atoms with E-state index < -0.39 is 23.6 Å². The Morgan fingerprint density at radius 3 is 2.67 bits per heavy atom. The van der Waals surface area contributed by atoms with E-state index in [-0.39, 0.29) is 21.9 Å². The van der Waals surface area contributed by atoms with Gasteiger partial charge in [0.05, 0.1) is 17.6 Å². The van der Waals surface area contributed by atoms with E-state index in [0.717, 1.165) is 0 Å². The maximum atomic E-state index is 12.9. The number of carbonyl (C=O) groups excluding carboxylic acids is 4. The fourth-order valence-electron chi connectivity index (χ4n) is 2.78. The molecule has 3 rings (SSSR count). The lowest BCUT2D eigenvalue weighted by molar-refractivity contribution is 0.0979. The molecule has 0 atom stereocenters. The number of benzene rings is 1. The molecule has 1 aliphatic carbocycles. The molecule has 0 spiro atoms. The number of H-pyrrole nitrogens is 1. The highest BCUT2D eigenvalue weighted by molar-refractivity contribution is 8.04. The van der Waals surface area contributed by atoms with Crippen molar-refractivity contribution in [2.75, 3.05) is 24.7 Å². The summed E-state index contributed by atoms with van der Waals surface area (Å²) in [6.45, 7) is 0.453. The van der Waals surface area contributed by atoms with Crippen LogP contribution in [-0.2, 0) is 4.74 Å². The van der Waals surface area contributed by atoms with Gasteiger partial charge < -0.3 is 15.4 Å². The average molecular weight is 428 g/mol. The standard InChI is InChI=1S/C20H20N4O5S/c1-29-20(28)21-9-5-6-10-30-14-11-13(25)16-15(18(14)26)17(24-23-16)19(27)22-12-7-3-2-4-8-12/h2-4,7-8,11H,5-6,9-10H2,1H3,(H,21,28)(H,22,27)(H,23,24). The van der Waals surface area contributed by atoms with E-state index in [1.54, 1.807) is 24.3 Å². The quantitative estimate of drug-likeness (QED) is 0.551. The van der Waals surface area contributed by atoms with Gasteiger partial charge in [0.15, 0.2) is 5.69 Å². The number of hydrogen-bond acceptors (Lipinski definition) is 7. The molecule has 2 aromatic rings. The molecule has 0 fully saturated rings. The molecule has 10 heteroatoms. The summed E-state index contributed by atoms with van der Waals surface area (Å²) in [5.74, 6) is -0.799. The van der Waals surface area contributed by atoms with Crippen LogP contribution < -0.4 is 10.6 Å². The van der Waals surface area contributed by atoms with Crippen LogP contribution in [0.3, 0.4) is 0 Å². The lowest BCUT2D eigenvalue weighted by atomic mass is 9.99. The Hall–Kier alpha value is -3.40. The highest BCUT2D eigenvalue weighted by Gasteiger charge is 2.33. The summed E-state index contributed by atoms with van der Waals surface area (Å²) in [4.78, 5) is 49.1. The van der Waals surface area contributed by atoms with Crippen LogP contribution in [0, 0.1) is 0 Å². The predicted octanol–water partition coefficient (Wildman–Crippen LogP) is 2.79. The number of amides is 2. The van der Waals surface area contributed by atoms with E-state index in [2.05, 4.69) is 25.6 Å². The lowest BCUT2D eigenvalue weighted by Crippen LogP contribution is -2.24. The van der Waals surface area contributed by atoms with Crippen molar-refractivity contribution in [2.24, 2.45) is 0 Å². The third-order valence-corrected chi connectivity index (χ3v) is 5.36. The molecule has 1 aromatic carbocycles. The normalized spacial score (nSPS) is 12.8. The molecule has 0 radical (unpaired) electrons. The molecule has 9 nitrogen and oxygen atoms in total. The van der Waals surface area contributed by atoms with Gasteiger partial charge in [-0.2, -0.15) is 5.10 Å². The van der Waals surface area contributed by atoms with Gasteiger partial charge in [-0.1, -0.05) is 18.2 Å². The number of thioether (sulfide) groups is 1. The number of hydrogen-bond donors (Lipinski definition) is 3. The number of ether oxygens (including phenoxy) is 1. The highest BCUT2D eigenvalue weighted by atomic mass is 32.2. The van der Waals surface area contributed by atoms with Crippen molar-refractivity contribution in [1.29, 1.82) is 0 Å². The SMILES string of the molecule is COC(=O)NCCCCSC1=CC(=O)c2[nH]nc(C(=O)Nc3ccccc3)c2C1=O. The molecule has 1 heterocycles. The molecule has 30 heavy (non-hydrogen) atoms. The average Bonchev–Trinajstić information content (AvgIpc) is 3.20. The number of nitrogens with zero attached hydrogens (tertiary/aromatic N) is 1. The van der Waals surface area contributed by atoms with Crippen molar-refractivity contribution in [2.45, 2.75) is 12.8 Å². The smallest absolute Gasteiger partial charge is 0.406 e. The monoisotopic (exact) mass is 428 g/mol. The maximum Gasteiger partial charge on any atom is 0.406 e. The number of para-hydroxylation sites is 1. The van der Waals surface area contributed by atoms with Crippen molar-refractivity contribution in [1.82, 2.24) is 15.5 Å². The first kappa shape index (κ1) is 21.3. The molecule has 0 aliphatic heterocycles. The predicted molar refractivity (Wildman–Crippen MR) is 112 cm³/mol. The van der Waals surface area contributed by atoms with E-state index in [1.165, 1.54) is 24.9 Å². The summed E-state index contributed by atoms with van der Waals surface area (Å²) in [7, 11) is 1.29. The number of aromatic amines is 1. The summed E-state index contributed by atoms with van der Waals surface area (Å²) in [6.07, 6.45) is 2.18. The lowest BCUT2D eigenvalue weighted by Gasteiger charge is -2.12. The van der Waals surface area contributed by atoms with E-state index >= 15 is 0 Å². The first-order valence-electron chi connectivity index (χ1n) is 9.21. The Kier molecular flexibility index (Phi) is 7.02. The molecule has 156 valence electrons. The van der Waals surface area contributed by atoms with Crippen LogP contribution in [0.25, 0.3) is 0 Å². The largest absolute Gasteiger partial charge is 0.453 e. The second-order valence-electron chi connectivity index (χ2n) is 6.32. The number of rotatable bonds is 8. The number of ketones is 2. The van der Waals surface area contributed by atoms with Crippen LogP contribution in [-0.4, -0.2) is 53.2 Å². The minimum atomic E-state index is -0.569. The molecule has 2 amide bonds. The molecule has 1 aromatic heterocycles. The number of allylic oxidation sites excluding steroid dienone is 2. The van der Waals surface area contributed by atoms with Gasteiger partial charge in [0.2, 0.25) is 11.6 Å². The summed E-state index contributed by atoms with van der Waals surface area (Å²) in [5.41, 5.74) is 0.454. The summed E-state index contributed by atoms with van der Waals surface area (Å²) >= 11 is 1.24. The Morgan fingerprint density at radius 2 is 1.93 bits per heavy atom. The fraction of sp³-hybridized carbons (Fsp3) is 0.250. The second-order valence-corrected chi connectivity index (χ2v) is 7.46. The Bertz CT molecular complexity index is 1000. The van der Waals surface area contributed by atoms with Gasteiger partial charge in [-0.05, 0) is 30.7 Å². The Balaban J connectivity index is 1.62. The number of aromatic nitrogens is 2. The van der Waals surface area contributed by atoms with Crippen LogP contribution >= 0.6 is 11.8 Å². The summed E-state index contributed by atoms with van der Waals surface area (Å²) in [6, 6.07) is 8.76. The maximum absolute atomic E-state index is 12.9. The van der Waals surface area contributed by atoms with Crippen molar-refractivity contribution in [3.05, 3.63) is 58.3 Å². The van der Waals surface area contributed by atoms with Crippen LogP contribution in [0.4, 0.5) is 10.5 Å². The molecule has 0 bridgehead atoms. The van der Waals surface area contributed by atoms with E-state index in [1.807, 2.05) is 6.07 Å². The second kappa shape index (κ2) is 9.88. The molecular formula is C20H20N4O5S. The topological polar surface area (TPSA) is 130 Å². The molecule has 3 N–H and O–H groups in total. The number of alkyl carbamates (subject to hydrolysis) is 1. The van der Waals surface area contributed by atoms with E-state index in [4.69, 9.17) is 0 Å². The van der Waals surface area contributed by atoms with Crippen molar-refractivity contribution < 1.29 is 23.9 Å². The highest BCUT2D eigenvalue weighted by Crippen LogP contribution is 2.30. The van der Waals surface area contributed by atoms with Crippen molar-refractivity contribution in [3.8, 4) is 0 Å². The van der Waals surface area contributed by atoms with Crippen LogP contribution in [0.5, 0.6) is 0 Å². The fourth-order valence-corrected chi connectivity index (χ4v) is 3.77. The number of anilines is 1. The first-order chi connectivity index (χ1) is 14.5. The zero-order valence-corrected chi connectivity index (χ0v) is 17.0. The number of unbranched alkanes of at least 4 members (excludes halogenated alkanes) is 1. The van der Waals surface area contributed by atoms with Crippen LogP contribution in [0.2, 0.25) is 0 Å². The number of nitrogens with one attached hydrogen (secondary N) is 3. The van der Waals surface area contributed by atoms with Gasteiger partial charge in [0, 0.05) is 18.3 Å². The van der Waals surface area contributed by atoms with Gasteiger partial charge in [-0.3, -0.25) is 19.5 Å². The van der Waals surface area contributed by atoms with Gasteiger partial charge in [0.1, 0.15) is 5.69 Å². The van der Waals surface area contributed by atoms with Crippen LogP contribution in [0.15, 0.2) is 41.3 Å². The van der Waals surface area contributed by atoms with E-state index in [9.17, 15) is 19.2 Å². The first-order valence-corrected chi connectivity index (χ1v) is 10.2. The van der Waals surface area contributed by atoms with Gasteiger partial charge in [0.25, 0.3) is 5.91 Å². The van der Waals surface area contributed by atoms with E-state index in [0.29, 0.717) is 30.8 Å². The summed E-state index contributed by atoms with van der Waals surface area (Å²) < 4.78 is 4.48. The van der Waals surface area contributed by atoms with Gasteiger partial charge in [-0.15, -0.1) is 11.8 Å². The minimum absolute atomic E-state index is 0.00853. The summed E-state index contributed by atoms with van der Waals surface area (Å²) in [5, 5.41) is 11.6. The number of carbonyl (C=O) groups is 4. The number of fused-ring (bicyclic) bond motifs is 1. The zero-order valence-electron chi connectivity index (χ0n) is 16.2. The van der Waals surface area contributed by atoms with Gasteiger partial charge in [-0.25, -0.2) is 4.79 Å². The molecule has 0 saturated heterocycles. The van der Waals surface area contributed by atoms with Crippen molar-refractivity contribution >= 4 is 41.0 Å². The third kappa shape index (κ3) is 4.95. The molecule has 0 unspecified atom stereocenters. The van der Waals surface area contributed by atoms with Crippen molar-refractivity contribution in [3.63, 3.8) is 0 Å². The molecule has 0 saturated carbocycles. The third-order valence-electron chi connectivity index (χ3n) is 4.26. The Morgan fingerprint density at radius 1 is 1.17 bits per heavy atom. The Labute approximate surface area is 176 Å². The molecule has 1 aliphatic rings. The molecular weight excluding hydrogens is 408 g/mol.